The summed E-state index contributed by atoms with van der Waals surface area (Å²) in [6, 6.07) is 20.6. The average molecular weight is 500 g/mol. The van der Waals surface area contributed by atoms with Crippen LogP contribution in [0.15, 0.2) is 78.9 Å². The zero-order valence-corrected chi connectivity index (χ0v) is 21.5. The van der Waals surface area contributed by atoms with Crippen molar-refractivity contribution >= 4 is 29.4 Å². The molecule has 192 valence electrons. The van der Waals surface area contributed by atoms with Crippen LogP contribution in [0.25, 0.3) is 12.2 Å². The van der Waals surface area contributed by atoms with Crippen LogP contribution in [0.4, 0.5) is 5.69 Å². The fourth-order valence-corrected chi connectivity index (χ4v) is 3.78. The first kappa shape index (κ1) is 27.3. The fourth-order valence-electron chi connectivity index (χ4n) is 3.78. The monoisotopic (exact) mass is 499 g/mol. The van der Waals surface area contributed by atoms with Crippen LogP contribution in [0.2, 0.25) is 0 Å². The lowest BCUT2D eigenvalue weighted by atomic mass is 10.1. The van der Waals surface area contributed by atoms with E-state index in [1.54, 1.807) is 24.3 Å². The molecule has 0 aliphatic heterocycles. The first-order chi connectivity index (χ1) is 17.9. The van der Waals surface area contributed by atoms with Crippen molar-refractivity contribution in [3.05, 3.63) is 95.6 Å². The zero-order valence-electron chi connectivity index (χ0n) is 21.5. The Hall–Kier alpha value is -4.32. The molecule has 0 atom stereocenters. The van der Waals surface area contributed by atoms with Crippen LogP contribution < -0.4 is 14.4 Å². The van der Waals surface area contributed by atoms with Crippen molar-refractivity contribution in [2.75, 3.05) is 25.1 Å². The van der Waals surface area contributed by atoms with Gasteiger partial charge in [0.15, 0.2) is 23.1 Å². The van der Waals surface area contributed by atoms with Crippen molar-refractivity contribution in [2.24, 2.45) is 0 Å². The molecule has 0 bridgehead atoms. The maximum absolute atomic E-state index is 12.5. The summed E-state index contributed by atoms with van der Waals surface area (Å²) in [5.41, 5.74) is 3.48. The molecule has 6 heteroatoms. The van der Waals surface area contributed by atoms with Gasteiger partial charge in [-0.15, -0.1) is 0 Å². The molecule has 0 fully saturated rings. The van der Waals surface area contributed by atoms with Crippen LogP contribution in [0.5, 0.6) is 17.2 Å². The smallest absolute Gasteiger partial charge is 0.163 e. The number of rotatable bonds is 13. The van der Waals surface area contributed by atoms with Gasteiger partial charge in [-0.3, -0.25) is 9.59 Å². The maximum atomic E-state index is 12.5. The van der Waals surface area contributed by atoms with Gasteiger partial charge in [-0.25, -0.2) is 0 Å². The Kier molecular flexibility index (Phi) is 10.1. The lowest BCUT2D eigenvalue weighted by Gasteiger charge is -2.22. The molecular weight excluding hydrogens is 466 g/mol. The van der Waals surface area contributed by atoms with Gasteiger partial charge in [0.25, 0.3) is 0 Å². The van der Waals surface area contributed by atoms with Gasteiger partial charge in [-0.2, -0.15) is 0 Å². The van der Waals surface area contributed by atoms with E-state index in [9.17, 15) is 14.7 Å². The summed E-state index contributed by atoms with van der Waals surface area (Å²) in [6.07, 6.45) is 5.73. The predicted octanol–water partition coefficient (Wildman–Crippen LogP) is 6.08. The predicted molar refractivity (Wildman–Crippen MR) is 148 cm³/mol. The number of hydrogen-bond acceptors (Lipinski definition) is 6. The number of phenolic OH excluding ortho intramolecular Hbond substituents is 1. The highest BCUT2D eigenvalue weighted by atomic mass is 16.5. The van der Waals surface area contributed by atoms with Crippen LogP contribution in [0, 0.1) is 0 Å². The van der Waals surface area contributed by atoms with Gasteiger partial charge in [0.05, 0.1) is 13.5 Å². The molecular formula is C31H33NO5. The molecule has 0 amide bonds. The summed E-state index contributed by atoms with van der Waals surface area (Å²) in [6.45, 7) is 6.34. The van der Waals surface area contributed by atoms with Crippen LogP contribution in [-0.4, -0.2) is 36.9 Å². The van der Waals surface area contributed by atoms with Crippen molar-refractivity contribution in [1.29, 1.82) is 0 Å². The molecule has 0 radical (unpaired) electrons. The third kappa shape index (κ3) is 8.10. The van der Waals surface area contributed by atoms with E-state index in [0.717, 1.165) is 29.9 Å². The summed E-state index contributed by atoms with van der Waals surface area (Å²) in [5, 5.41) is 9.86. The van der Waals surface area contributed by atoms with Crippen molar-refractivity contribution in [1.82, 2.24) is 0 Å². The lowest BCUT2D eigenvalue weighted by Crippen LogP contribution is -2.21. The minimum absolute atomic E-state index is 0.0200. The SMILES string of the molecule is CCN(CC)c1ccc(/C=C/C(=O)CC(=O)/C=C/c2ccc(OC)c(O)c2)c(OCc2ccccc2)c1. The Labute approximate surface area is 218 Å². The number of methoxy groups -OCH3 is 1. The number of carbonyl (C=O) groups is 2. The molecule has 3 rings (SSSR count). The highest BCUT2D eigenvalue weighted by Gasteiger charge is 2.10. The van der Waals surface area contributed by atoms with Crippen molar-refractivity contribution in [3.8, 4) is 17.2 Å². The molecule has 0 aliphatic carbocycles. The second-order valence-electron chi connectivity index (χ2n) is 8.38. The van der Waals surface area contributed by atoms with Crippen LogP contribution in [0.3, 0.4) is 0 Å². The number of carbonyl (C=O) groups excluding carboxylic acids is 2. The molecule has 0 spiro atoms. The summed E-state index contributed by atoms with van der Waals surface area (Å²) in [5.74, 6) is 0.355. The summed E-state index contributed by atoms with van der Waals surface area (Å²) >= 11 is 0. The first-order valence-electron chi connectivity index (χ1n) is 12.3. The van der Waals surface area contributed by atoms with E-state index in [2.05, 4.69) is 18.7 Å². The Balaban J connectivity index is 1.69. The zero-order chi connectivity index (χ0) is 26.6. The van der Waals surface area contributed by atoms with Gasteiger partial charge >= 0.3 is 0 Å². The highest BCUT2D eigenvalue weighted by molar-refractivity contribution is 6.11. The molecule has 0 heterocycles. The Bertz CT molecular complexity index is 1260. The fraction of sp³-hybridized carbons (Fsp3) is 0.226. The van der Waals surface area contributed by atoms with Gasteiger partial charge < -0.3 is 19.5 Å². The van der Waals surface area contributed by atoms with E-state index >= 15 is 0 Å². The summed E-state index contributed by atoms with van der Waals surface area (Å²) < 4.78 is 11.1. The second kappa shape index (κ2) is 13.7. The minimum Gasteiger partial charge on any atom is -0.504 e. The number of ether oxygens (including phenoxy) is 2. The van der Waals surface area contributed by atoms with E-state index in [1.165, 1.54) is 25.3 Å². The molecule has 0 aromatic heterocycles. The third-order valence-electron chi connectivity index (χ3n) is 5.82. The Morgan fingerprint density at radius 2 is 1.57 bits per heavy atom. The number of ketones is 2. The van der Waals surface area contributed by atoms with Crippen molar-refractivity contribution in [2.45, 2.75) is 26.9 Å². The van der Waals surface area contributed by atoms with Crippen LogP contribution in [0.1, 0.15) is 37.0 Å². The second-order valence-corrected chi connectivity index (χ2v) is 8.38. The summed E-state index contributed by atoms with van der Waals surface area (Å²) in [7, 11) is 1.46. The normalized spacial score (nSPS) is 11.1. The Morgan fingerprint density at radius 1 is 0.865 bits per heavy atom. The van der Waals surface area contributed by atoms with Gasteiger partial charge in [-0.1, -0.05) is 42.5 Å². The van der Waals surface area contributed by atoms with Crippen LogP contribution in [-0.2, 0) is 16.2 Å². The number of allylic oxidation sites excluding steroid dienone is 2. The number of aromatic hydroxyl groups is 1. The molecule has 0 saturated heterocycles. The minimum atomic E-state index is -0.331. The van der Waals surface area contributed by atoms with Gasteiger partial charge in [0.2, 0.25) is 0 Å². The number of hydrogen-bond donors (Lipinski definition) is 1. The largest absolute Gasteiger partial charge is 0.504 e. The number of phenols is 1. The average Bonchev–Trinajstić information content (AvgIpc) is 2.91. The number of anilines is 1. The molecule has 3 aromatic carbocycles. The standard InChI is InChI=1S/C31H33NO5/c1-4-32(5-2)26-15-13-25(31(20-26)37-22-24-9-7-6-8-10-24)14-17-28(34)21-27(33)16-11-23-12-18-30(36-3)29(35)19-23/h6-20,35H,4-5,21-22H2,1-3H3/b16-11+,17-14+. The highest BCUT2D eigenvalue weighted by Crippen LogP contribution is 2.28. The summed E-state index contributed by atoms with van der Waals surface area (Å²) in [4.78, 5) is 27.0. The number of benzene rings is 3. The molecule has 6 nitrogen and oxygen atoms in total. The topological polar surface area (TPSA) is 76.1 Å². The molecule has 0 saturated carbocycles. The maximum Gasteiger partial charge on any atom is 0.163 e. The van der Waals surface area contributed by atoms with Crippen LogP contribution >= 0.6 is 0 Å². The van der Waals surface area contributed by atoms with E-state index in [0.29, 0.717) is 23.7 Å². The van der Waals surface area contributed by atoms with E-state index in [-0.39, 0.29) is 23.7 Å². The molecule has 0 aliphatic rings. The molecule has 37 heavy (non-hydrogen) atoms. The lowest BCUT2D eigenvalue weighted by molar-refractivity contribution is -0.121. The van der Waals surface area contributed by atoms with Crippen molar-refractivity contribution < 1.29 is 24.2 Å². The molecule has 0 unspecified atom stereocenters. The van der Waals surface area contributed by atoms with Gasteiger partial charge in [0, 0.05) is 30.4 Å². The Morgan fingerprint density at radius 3 is 2.22 bits per heavy atom. The van der Waals surface area contributed by atoms with E-state index in [1.807, 2.05) is 48.5 Å². The van der Waals surface area contributed by atoms with E-state index < -0.39 is 0 Å². The number of nitrogens with zero attached hydrogens (tertiary/aromatic N) is 1. The van der Waals surface area contributed by atoms with E-state index in [4.69, 9.17) is 9.47 Å². The van der Waals surface area contributed by atoms with Gasteiger partial charge in [0.1, 0.15) is 12.4 Å². The third-order valence-corrected chi connectivity index (χ3v) is 5.82. The molecule has 1 N–H and O–H groups in total. The van der Waals surface area contributed by atoms with Crippen molar-refractivity contribution in [3.63, 3.8) is 0 Å². The quantitative estimate of drug-likeness (QED) is 0.227. The van der Waals surface area contributed by atoms with Gasteiger partial charge in [-0.05, 0) is 67.5 Å². The molecule has 3 aromatic rings. The first-order valence-corrected chi connectivity index (χ1v) is 12.3.